The van der Waals surface area contributed by atoms with E-state index in [0.717, 1.165) is 6.07 Å². The maximum Gasteiger partial charge on any atom is 0.336 e. The van der Waals surface area contributed by atoms with Crippen LogP contribution in [0.1, 0.15) is 22.3 Å². The molecule has 1 rings (SSSR count). The van der Waals surface area contributed by atoms with Gasteiger partial charge in [0.15, 0.2) is 0 Å². The molecular formula is C7H3BrF2INO2. The van der Waals surface area contributed by atoms with Gasteiger partial charge in [-0.1, -0.05) is 0 Å². The van der Waals surface area contributed by atoms with Crippen molar-refractivity contribution in [2.75, 3.05) is 0 Å². The largest absolute Gasteiger partial charge is 0.478 e. The van der Waals surface area contributed by atoms with Gasteiger partial charge in [-0.05, 0) is 44.6 Å². The van der Waals surface area contributed by atoms with Crippen molar-refractivity contribution in [3.05, 3.63) is 25.5 Å². The first-order chi connectivity index (χ1) is 6.43. The molecular weight excluding hydrogens is 375 g/mol. The van der Waals surface area contributed by atoms with E-state index in [-0.39, 0.29) is 8.30 Å². The molecule has 76 valence electrons. The van der Waals surface area contributed by atoms with Crippen LogP contribution in [0.25, 0.3) is 0 Å². The molecule has 1 N–H and O–H groups in total. The highest BCUT2D eigenvalue weighted by Gasteiger charge is 2.22. The second kappa shape index (κ2) is 4.47. The van der Waals surface area contributed by atoms with Gasteiger partial charge in [0.2, 0.25) is 0 Å². The first kappa shape index (κ1) is 11.8. The molecule has 14 heavy (non-hydrogen) atoms. The summed E-state index contributed by atoms with van der Waals surface area (Å²) in [5, 5.41) is 8.68. The lowest BCUT2D eigenvalue weighted by Crippen LogP contribution is -2.07. The molecule has 0 spiro atoms. The molecule has 1 aromatic heterocycles. The van der Waals surface area contributed by atoms with E-state index >= 15 is 0 Å². The summed E-state index contributed by atoms with van der Waals surface area (Å²) in [6.07, 6.45) is -2.84. The Hall–Kier alpha value is -0.310. The van der Waals surface area contributed by atoms with E-state index in [1.165, 1.54) is 0 Å². The highest BCUT2D eigenvalue weighted by Crippen LogP contribution is 2.28. The Morgan fingerprint density at radius 2 is 2.21 bits per heavy atom. The molecule has 1 aromatic rings. The van der Waals surface area contributed by atoms with Crippen molar-refractivity contribution < 1.29 is 18.7 Å². The van der Waals surface area contributed by atoms with E-state index in [1.54, 1.807) is 22.6 Å². The van der Waals surface area contributed by atoms with Crippen molar-refractivity contribution >= 4 is 44.5 Å². The lowest BCUT2D eigenvalue weighted by atomic mass is 10.1. The maximum absolute atomic E-state index is 12.5. The van der Waals surface area contributed by atoms with Crippen LogP contribution in [0.5, 0.6) is 0 Å². The third kappa shape index (κ3) is 2.38. The van der Waals surface area contributed by atoms with Crippen LogP contribution >= 0.6 is 38.5 Å². The molecule has 0 fully saturated rings. The normalized spacial score (nSPS) is 10.6. The van der Waals surface area contributed by atoms with Crippen molar-refractivity contribution in [1.82, 2.24) is 4.98 Å². The van der Waals surface area contributed by atoms with Crippen LogP contribution in [0.15, 0.2) is 10.7 Å². The predicted octanol–water partition coefficient (Wildman–Crippen LogP) is 3.08. The van der Waals surface area contributed by atoms with E-state index in [1.807, 2.05) is 0 Å². The van der Waals surface area contributed by atoms with Crippen molar-refractivity contribution in [2.45, 2.75) is 6.43 Å². The predicted molar refractivity (Wildman–Crippen MR) is 56.6 cm³/mol. The minimum Gasteiger partial charge on any atom is -0.478 e. The number of carbonyl (C=O) groups is 1. The number of alkyl halides is 2. The molecule has 0 amide bonds. The van der Waals surface area contributed by atoms with Crippen molar-refractivity contribution in [1.29, 1.82) is 0 Å². The summed E-state index contributed by atoms with van der Waals surface area (Å²) >= 11 is 4.52. The fourth-order valence-corrected chi connectivity index (χ4v) is 2.40. The van der Waals surface area contributed by atoms with E-state index in [9.17, 15) is 13.6 Å². The number of rotatable bonds is 2. The van der Waals surface area contributed by atoms with Crippen LogP contribution in [0.2, 0.25) is 0 Å². The average molecular weight is 378 g/mol. The summed E-state index contributed by atoms with van der Waals surface area (Å²) < 4.78 is 25.1. The summed E-state index contributed by atoms with van der Waals surface area (Å²) in [7, 11) is 0. The number of aromatic carboxylic acids is 1. The number of nitrogens with zero attached hydrogens (tertiary/aromatic N) is 1. The molecule has 1 heterocycles. The molecule has 0 atom stereocenters. The van der Waals surface area contributed by atoms with E-state index < -0.39 is 23.5 Å². The fraction of sp³-hybridized carbons (Fsp3) is 0.143. The first-order valence-corrected chi connectivity index (χ1v) is 5.18. The van der Waals surface area contributed by atoms with E-state index in [2.05, 4.69) is 20.9 Å². The van der Waals surface area contributed by atoms with Gasteiger partial charge in [-0.15, -0.1) is 0 Å². The maximum atomic E-state index is 12.5. The van der Waals surface area contributed by atoms with E-state index in [4.69, 9.17) is 5.11 Å². The Kier molecular flexibility index (Phi) is 3.76. The highest BCUT2D eigenvalue weighted by atomic mass is 127. The number of aromatic nitrogens is 1. The summed E-state index contributed by atoms with van der Waals surface area (Å²) in [6.45, 7) is 0. The van der Waals surface area contributed by atoms with Gasteiger partial charge in [0.1, 0.15) is 8.30 Å². The second-order valence-corrected chi connectivity index (χ2v) is 4.14. The fourth-order valence-electron chi connectivity index (χ4n) is 0.879. The lowest BCUT2D eigenvalue weighted by molar-refractivity contribution is 0.0683. The van der Waals surface area contributed by atoms with Gasteiger partial charge >= 0.3 is 5.97 Å². The first-order valence-electron chi connectivity index (χ1n) is 3.31. The monoisotopic (exact) mass is 377 g/mol. The Bertz CT molecular complexity index is 386. The molecule has 0 radical (unpaired) electrons. The number of halogens is 4. The van der Waals surface area contributed by atoms with Crippen LogP contribution < -0.4 is 0 Å². The van der Waals surface area contributed by atoms with Crippen LogP contribution in [-0.4, -0.2) is 16.1 Å². The molecule has 7 heteroatoms. The summed E-state index contributed by atoms with van der Waals surface area (Å²) in [5.74, 6) is -1.39. The third-order valence-electron chi connectivity index (χ3n) is 1.43. The summed E-state index contributed by atoms with van der Waals surface area (Å²) in [4.78, 5) is 14.3. The zero-order valence-corrected chi connectivity index (χ0v) is 10.2. The SMILES string of the molecule is O=C(O)c1cc(Br)nc(I)c1C(F)F. The molecule has 0 unspecified atom stereocenters. The minimum absolute atomic E-state index is 0.00984. The molecule has 0 aliphatic heterocycles. The van der Waals surface area contributed by atoms with Gasteiger partial charge in [0, 0.05) is 0 Å². The second-order valence-electron chi connectivity index (χ2n) is 2.30. The van der Waals surface area contributed by atoms with Gasteiger partial charge in [-0.2, -0.15) is 0 Å². The quantitative estimate of drug-likeness (QED) is 0.636. The number of hydrogen-bond donors (Lipinski definition) is 1. The van der Waals surface area contributed by atoms with Gasteiger partial charge in [-0.25, -0.2) is 18.6 Å². The van der Waals surface area contributed by atoms with Crippen LogP contribution in [-0.2, 0) is 0 Å². The van der Waals surface area contributed by atoms with Gasteiger partial charge in [0.05, 0.1) is 11.1 Å². The van der Waals surface area contributed by atoms with Crippen molar-refractivity contribution in [3.8, 4) is 0 Å². The molecule has 0 aliphatic rings. The Morgan fingerprint density at radius 1 is 1.64 bits per heavy atom. The van der Waals surface area contributed by atoms with Gasteiger partial charge in [0.25, 0.3) is 6.43 Å². The van der Waals surface area contributed by atoms with Gasteiger partial charge < -0.3 is 5.11 Å². The topological polar surface area (TPSA) is 50.2 Å². The Morgan fingerprint density at radius 3 is 2.64 bits per heavy atom. The standard InChI is InChI=1S/C7H3BrF2INO2/c8-3-1-2(7(13)14)4(5(9)10)6(11)12-3/h1,5H,(H,13,14). The average Bonchev–Trinajstić information content (AvgIpc) is 2.01. The molecule has 0 aromatic carbocycles. The Labute approximate surface area is 99.8 Å². The zero-order chi connectivity index (χ0) is 10.9. The molecule has 0 saturated carbocycles. The van der Waals surface area contributed by atoms with Crippen LogP contribution in [0.3, 0.4) is 0 Å². The summed E-state index contributed by atoms with van der Waals surface area (Å²) in [6, 6.07) is 1.06. The number of carboxylic acids is 1. The lowest BCUT2D eigenvalue weighted by Gasteiger charge is -2.07. The smallest absolute Gasteiger partial charge is 0.336 e. The van der Waals surface area contributed by atoms with Gasteiger partial charge in [-0.3, -0.25) is 0 Å². The molecule has 0 saturated heterocycles. The number of pyridine rings is 1. The van der Waals surface area contributed by atoms with Crippen LogP contribution in [0, 0.1) is 3.70 Å². The molecule has 0 aliphatic carbocycles. The van der Waals surface area contributed by atoms with Crippen molar-refractivity contribution in [2.24, 2.45) is 0 Å². The molecule has 3 nitrogen and oxygen atoms in total. The van der Waals surface area contributed by atoms with Crippen molar-refractivity contribution in [3.63, 3.8) is 0 Å². The molecule has 0 bridgehead atoms. The zero-order valence-electron chi connectivity index (χ0n) is 6.47. The van der Waals surface area contributed by atoms with Crippen LogP contribution in [0.4, 0.5) is 8.78 Å². The highest BCUT2D eigenvalue weighted by molar-refractivity contribution is 14.1. The van der Waals surface area contributed by atoms with E-state index in [0.29, 0.717) is 0 Å². The summed E-state index contributed by atoms with van der Waals surface area (Å²) in [5.41, 5.74) is -0.965. The Balaban J connectivity index is 3.44. The number of carboxylic acid groups (broad SMARTS) is 1. The minimum atomic E-state index is -2.84. The number of hydrogen-bond acceptors (Lipinski definition) is 2. The third-order valence-corrected chi connectivity index (χ3v) is 2.66.